The molecular formula is C48H70AlF2LiN8O10. The quantitative estimate of drug-likeness (QED) is 0.118. The van der Waals surface area contributed by atoms with E-state index in [9.17, 15) is 38.2 Å². The predicted molar refractivity (Wildman–Crippen MR) is 256 cm³/mol. The van der Waals surface area contributed by atoms with E-state index in [1.165, 1.54) is 49.6 Å². The molecule has 6 rings (SSSR count). The van der Waals surface area contributed by atoms with E-state index in [0.29, 0.717) is 25.3 Å². The number of aliphatic hydroxyl groups excluding tert-OH is 2. The molecule has 0 radical (unpaired) electrons. The normalized spacial score (nSPS) is 18.4. The summed E-state index contributed by atoms with van der Waals surface area (Å²) in [6, 6.07) is 9.18. The van der Waals surface area contributed by atoms with Crippen LogP contribution < -0.4 is 18.9 Å². The topological polar surface area (TPSA) is 194 Å². The van der Waals surface area contributed by atoms with Gasteiger partial charge in [0.25, 0.3) is 0 Å². The maximum absolute atomic E-state index is 13.5. The Labute approximate surface area is 433 Å². The Morgan fingerprint density at radius 2 is 1.14 bits per heavy atom. The fourth-order valence-corrected chi connectivity index (χ4v) is 8.34. The summed E-state index contributed by atoms with van der Waals surface area (Å²) in [4.78, 5) is 66.3. The van der Waals surface area contributed by atoms with Gasteiger partial charge in [0.05, 0.1) is 88.4 Å². The first-order chi connectivity index (χ1) is 32.1. The van der Waals surface area contributed by atoms with Gasteiger partial charge < -0.3 is 49.5 Å². The van der Waals surface area contributed by atoms with Crippen LogP contribution in [0, 0.1) is 11.6 Å². The molecule has 2 aromatic carbocycles. The second-order valence-corrected chi connectivity index (χ2v) is 18.7. The Morgan fingerprint density at radius 3 is 1.57 bits per heavy atom. The van der Waals surface area contributed by atoms with Crippen LogP contribution in [0.3, 0.4) is 0 Å². The number of hydrogen-bond acceptors (Lipinski definition) is 14. The van der Waals surface area contributed by atoms with E-state index in [0.717, 1.165) is 16.8 Å². The van der Waals surface area contributed by atoms with Gasteiger partial charge in [-0.25, -0.2) is 33.1 Å². The van der Waals surface area contributed by atoms with Gasteiger partial charge in [0, 0.05) is 38.9 Å². The van der Waals surface area contributed by atoms with Crippen LogP contribution in [-0.2, 0) is 28.5 Å². The fraction of sp³-hybridized carbons (Fsp3) is 0.542. The molecule has 4 unspecified atom stereocenters. The fourth-order valence-electron chi connectivity index (χ4n) is 8.34. The first kappa shape index (κ1) is 59.5. The molecule has 6 atom stereocenters. The zero-order chi connectivity index (χ0) is 50.1. The molecule has 70 heavy (non-hydrogen) atoms. The monoisotopic (exact) mass is 991 g/mol. The number of hydrogen-bond donors (Lipinski definition) is 2. The molecule has 0 spiro atoms. The van der Waals surface area contributed by atoms with Crippen LogP contribution in [0.25, 0.3) is 0 Å². The standard InChI is InChI=1S/C25H33FN4O6.C23H33FN4O4.Al.Li.4H/c1-16(17-7-9-18(26)10-8-17)30-15-27-13-19(30)21(23(32)35-6)29-12-11-28(14-20(29)22(31)34-5)24(33)36-25(2,3)4;1-16(17-5-7-18(24)8-6-17)28-15-25-11-20(28)21(14-30)27-10-9-26(12-19(27)13-29)22(31)32-23(2,3)4;;;;;;/h7-10,13,15-16,20-21H,11-12,14H2,1-6H3;5-8,11,15-16,19,21,29-30H,9-10,12-14H2,1-4H3;;;;;;/q;;;+1;;;;-1/t16-,20?,21?;16-,19?,21?;;;;;;/m11....../s1. The molecule has 0 bridgehead atoms. The Kier molecular flexibility index (Phi) is 22.1. The van der Waals surface area contributed by atoms with Crippen molar-refractivity contribution in [2.75, 3.05) is 66.7 Å². The SMILES string of the molecule is COC(=O)C1CN(C(=O)OC(C)(C)C)CCN1C(C(=O)OC)c1cncn1[C@H](C)c1ccc(F)cc1.C[C@H](c1ccc(F)cc1)n1cncc1C(CO)N1CCN(C(=O)OC(C)(C)C)CC1CO.[AlH3].[H-].[Li+]. The summed E-state index contributed by atoms with van der Waals surface area (Å²) in [5.74, 6) is -1.85. The van der Waals surface area contributed by atoms with E-state index in [1.807, 2.05) is 44.1 Å². The third-order valence-corrected chi connectivity index (χ3v) is 11.8. The summed E-state index contributed by atoms with van der Waals surface area (Å²) in [6.07, 6.45) is 5.54. The number of imidazole rings is 2. The van der Waals surface area contributed by atoms with Crippen LogP contribution in [0.4, 0.5) is 18.4 Å². The van der Waals surface area contributed by atoms with Crippen molar-refractivity contribution in [3.8, 4) is 0 Å². The molecule has 2 amide bonds. The molecule has 2 aliphatic heterocycles. The van der Waals surface area contributed by atoms with Crippen LogP contribution in [-0.4, -0.2) is 180 Å². The average molecular weight is 991 g/mol. The van der Waals surface area contributed by atoms with Crippen molar-refractivity contribution >= 4 is 41.5 Å². The maximum atomic E-state index is 13.5. The minimum Gasteiger partial charge on any atom is -1.00 e. The molecule has 0 saturated carbocycles. The number of ether oxygens (including phenoxy) is 4. The van der Waals surface area contributed by atoms with Crippen molar-refractivity contribution in [2.24, 2.45) is 0 Å². The van der Waals surface area contributed by atoms with Crippen LogP contribution in [0.1, 0.15) is 103 Å². The third kappa shape index (κ3) is 15.1. The maximum Gasteiger partial charge on any atom is 1.00 e. The van der Waals surface area contributed by atoms with Crippen molar-refractivity contribution < 1.29 is 77.4 Å². The second kappa shape index (κ2) is 26.0. The molecule has 2 N–H and O–H groups in total. The van der Waals surface area contributed by atoms with Crippen molar-refractivity contribution in [3.63, 3.8) is 0 Å². The van der Waals surface area contributed by atoms with Crippen molar-refractivity contribution in [1.29, 1.82) is 0 Å². The summed E-state index contributed by atoms with van der Waals surface area (Å²) < 4.78 is 51.6. The third-order valence-electron chi connectivity index (χ3n) is 11.8. The minimum absolute atomic E-state index is 0. The number of carbonyl (C=O) groups excluding carboxylic acids is 4. The number of rotatable bonds is 12. The molecule has 2 saturated heterocycles. The smallest absolute Gasteiger partial charge is 1.00 e. The van der Waals surface area contributed by atoms with Crippen molar-refractivity contribution in [1.82, 2.24) is 38.7 Å². The summed E-state index contributed by atoms with van der Waals surface area (Å²) >= 11 is 0. The van der Waals surface area contributed by atoms with E-state index in [4.69, 9.17) is 18.9 Å². The Balaban J connectivity index is 0.000000470. The molecule has 0 aliphatic carbocycles. The first-order valence-corrected chi connectivity index (χ1v) is 22.5. The number of esters is 2. The van der Waals surface area contributed by atoms with Crippen molar-refractivity contribution in [2.45, 2.75) is 103 Å². The van der Waals surface area contributed by atoms with Gasteiger partial charge in [-0.1, -0.05) is 24.3 Å². The molecule has 18 nitrogen and oxygen atoms in total. The number of aromatic nitrogens is 4. The van der Waals surface area contributed by atoms with Gasteiger partial charge in [-0.2, -0.15) is 0 Å². The van der Waals surface area contributed by atoms with Crippen LogP contribution >= 0.6 is 0 Å². The molecule has 2 aromatic heterocycles. The van der Waals surface area contributed by atoms with Gasteiger partial charge in [0.15, 0.2) is 23.4 Å². The Morgan fingerprint density at radius 1 is 0.700 bits per heavy atom. The molecule has 2 fully saturated rings. The van der Waals surface area contributed by atoms with Crippen molar-refractivity contribution in [3.05, 3.63) is 108 Å². The zero-order valence-electron chi connectivity index (χ0n) is 42.5. The Hall–Kier alpha value is -4.83. The zero-order valence-corrected chi connectivity index (χ0v) is 41.5. The molecular weight excluding hydrogens is 920 g/mol. The molecule has 380 valence electrons. The number of piperazine rings is 2. The largest absolute Gasteiger partial charge is 1.00 e. The van der Waals surface area contributed by atoms with Gasteiger partial charge >= 0.3 is 43.0 Å². The molecule has 4 aromatic rings. The van der Waals surface area contributed by atoms with Gasteiger partial charge in [-0.05, 0) is 90.8 Å². The number of nitrogens with zero attached hydrogens (tertiary/aromatic N) is 8. The van der Waals surface area contributed by atoms with Gasteiger partial charge in [-0.3, -0.25) is 14.6 Å². The molecule has 4 heterocycles. The van der Waals surface area contributed by atoms with E-state index in [-0.39, 0.29) is 100 Å². The number of carbonyl (C=O) groups is 4. The minimum atomic E-state index is -1.01. The van der Waals surface area contributed by atoms with E-state index < -0.39 is 53.5 Å². The summed E-state index contributed by atoms with van der Waals surface area (Å²) in [7, 11) is 2.52. The van der Waals surface area contributed by atoms with Gasteiger partial charge in [0.1, 0.15) is 28.9 Å². The van der Waals surface area contributed by atoms with E-state index in [1.54, 1.807) is 78.3 Å². The molecule has 22 heteroatoms. The number of methoxy groups -OCH3 is 2. The van der Waals surface area contributed by atoms with E-state index >= 15 is 0 Å². The Bertz CT molecular complexity index is 2320. The number of halogens is 2. The number of aliphatic hydroxyl groups is 2. The van der Waals surface area contributed by atoms with Crippen LogP contribution in [0.2, 0.25) is 0 Å². The van der Waals surface area contributed by atoms with Gasteiger partial charge in [0.2, 0.25) is 0 Å². The van der Waals surface area contributed by atoms with Crippen LogP contribution in [0.15, 0.2) is 73.6 Å². The van der Waals surface area contributed by atoms with Gasteiger partial charge in [-0.15, -0.1) is 0 Å². The molecule has 2 aliphatic rings. The average Bonchev–Trinajstić information content (AvgIpc) is 3.99. The summed E-state index contributed by atoms with van der Waals surface area (Å²) in [5, 5.41) is 20.3. The second-order valence-electron chi connectivity index (χ2n) is 18.7. The van der Waals surface area contributed by atoms with Crippen LogP contribution in [0.5, 0.6) is 0 Å². The summed E-state index contributed by atoms with van der Waals surface area (Å²) in [5.41, 5.74) is 1.69. The number of benzene rings is 2. The van der Waals surface area contributed by atoms with E-state index in [2.05, 4.69) is 9.97 Å². The first-order valence-electron chi connectivity index (χ1n) is 22.5. The number of amides is 2. The predicted octanol–water partition coefficient (Wildman–Crippen LogP) is 1.45. The summed E-state index contributed by atoms with van der Waals surface area (Å²) in [6.45, 7) is 15.8.